The highest BCUT2D eigenvalue weighted by Gasteiger charge is 2.25. The van der Waals surface area contributed by atoms with Gasteiger partial charge in [0.05, 0.1) is 11.3 Å². The van der Waals surface area contributed by atoms with Crippen LogP contribution in [-0.2, 0) is 0 Å². The number of nitriles is 1. The molecule has 4 N–H and O–H groups in total. The quantitative estimate of drug-likeness (QED) is 0.758. The molecule has 1 aliphatic rings. The fourth-order valence-electron chi connectivity index (χ4n) is 1.72. The van der Waals surface area contributed by atoms with Gasteiger partial charge in [-0.05, 0) is 19.3 Å². The van der Waals surface area contributed by atoms with Crippen LogP contribution in [0.25, 0.3) is 0 Å². The van der Waals surface area contributed by atoms with Crippen LogP contribution >= 0.6 is 11.3 Å². The zero-order valence-corrected chi connectivity index (χ0v) is 10.4. The van der Waals surface area contributed by atoms with Crippen LogP contribution in [0.5, 0.6) is 0 Å². The van der Waals surface area contributed by atoms with Crippen LogP contribution in [0.4, 0.5) is 10.7 Å². The Morgan fingerprint density at radius 2 is 2.29 bits per heavy atom. The molecule has 1 heterocycles. The lowest BCUT2D eigenvalue weighted by Gasteiger charge is -2.27. The van der Waals surface area contributed by atoms with E-state index in [1.54, 1.807) is 7.05 Å². The zero-order valence-electron chi connectivity index (χ0n) is 9.54. The highest BCUT2D eigenvalue weighted by atomic mass is 32.1. The van der Waals surface area contributed by atoms with E-state index in [0.29, 0.717) is 21.5 Å². The molecule has 0 unspecified atom stereocenters. The Kier molecular flexibility index (Phi) is 3.20. The van der Waals surface area contributed by atoms with E-state index < -0.39 is 0 Å². The predicted molar refractivity (Wildman–Crippen MR) is 68.1 cm³/mol. The molecule has 0 spiro atoms. The SMILES string of the molecule is CNC(=O)c1c(NC2CCC2)sc(C#N)c1N. The summed E-state index contributed by atoms with van der Waals surface area (Å²) in [6, 6.07) is 2.42. The van der Waals surface area contributed by atoms with Crippen LogP contribution in [0.15, 0.2) is 0 Å². The van der Waals surface area contributed by atoms with Crippen molar-refractivity contribution in [3.05, 3.63) is 10.4 Å². The monoisotopic (exact) mass is 250 g/mol. The van der Waals surface area contributed by atoms with Gasteiger partial charge < -0.3 is 16.4 Å². The third-order valence-corrected chi connectivity index (χ3v) is 3.98. The van der Waals surface area contributed by atoms with Gasteiger partial charge in [0.1, 0.15) is 15.9 Å². The smallest absolute Gasteiger partial charge is 0.256 e. The van der Waals surface area contributed by atoms with Crippen LogP contribution in [0.1, 0.15) is 34.5 Å². The Labute approximate surface area is 104 Å². The molecule has 2 rings (SSSR count). The van der Waals surface area contributed by atoms with Gasteiger partial charge in [-0.3, -0.25) is 4.79 Å². The molecule has 0 atom stereocenters. The summed E-state index contributed by atoms with van der Waals surface area (Å²) in [5.74, 6) is -0.248. The summed E-state index contributed by atoms with van der Waals surface area (Å²) in [5.41, 5.74) is 6.49. The minimum Gasteiger partial charge on any atom is -0.396 e. The second kappa shape index (κ2) is 4.63. The van der Waals surface area contributed by atoms with E-state index in [0.717, 1.165) is 12.8 Å². The minimum absolute atomic E-state index is 0.248. The number of anilines is 2. The lowest BCUT2D eigenvalue weighted by Crippen LogP contribution is -2.28. The normalized spacial score (nSPS) is 14.8. The number of hydrogen-bond acceptors (Lipinski definition) is 5. The molecule has 1 amide bonds. The maximum absolute atomic E-state index is 11.7. The van der Waals surface area contributed by atoms with E-state index in [2.05, 4.69) is 10.6 Å². The maximum atomic E-state index is 11.7. The summed E-state index contributed by atoms with van der Waals surface area (Å²) in [6.45, 7) is 0. The molecule has 6 heteroatoms. The van der Waals surface area contributed by atoms with Gasteiger partial charge in [-0.15, -0.1) is 11.3 Å². The van der Waals surface area contributed by atoms with E-state index in [4.69, 9.17) is 11.0 Å². The summed E-state index contributed by atoms with van der Waals surface area (Å²) >= 11 is 1.25. The van der Waals surface area contributed by atoms with E-state index in [1.807, 2.05) is 6.07 Å². The third kappa shape index (κ3) is 2.06. The average molecular weight is 250 g/mol. The molecule has 5 nitrogen and oxygen atoms in total. The van der Waals surface area contributed by atoms with Gasteiger partial charge in [0.2, 0.25) is 0 Å². The van der Waals surface area contributed by atoms with Crippen LogP contribution in [0.2, 0.25) is 0 Å². The lowest BCUT2D eigenvalue weighted by atomic mass is 9.93. The van der Waals surface area contributed by atoms with Gasteiger partial charge in [-0.1, -0.05) is 0 Å². The Morgan fingerprint density at radius 3 is 2.76 bits per heavy atom. The summed E-state index contributed by atoms with van der Waals surface area (Å²) in [6.07, 6.45) is 3.42. The average Bonchev–Trinajstić information content (AvgIpc) is 2.59. The Balaban J connectivity index is 2.34. The molecule has 1 aliphatic carbocycles. The minimum atomic E-state index is -0.248. The predicted octanol–water partition coefficient (Wildman–Crippen LogP) is 1.53. The summed E-state index contributed by atoms with van der Waals surface area (Å²) in [4.78, 5) is 12.1. The number of carbonyl (C=O) groups excluding carboxylic acids is 1. The number of rotatable bonds is 3. The van der Waals surface area contributed by atoms with Crippen LogP contribution in [0, 0.1) is 11.3 Å². The first-order valence-electron chi connectivity index (χ1n) is 5.48. The maximum Gasteiger partial charge on any atom is 0.256 e. The van der Waals surface area contributed by atoms with Crippen molar-refractivity contribution >= 4 is 27.9 Å². The Hall–Kier alpha value is -1.74. The molecule has 1 saturated carbocycles. The molecule has 0 bridgehead atoms. The molecule has 0 saturated heterocycles. The summed E-state index contributed by atoms with van der Waals surface area (Å²) in [5, 5.41) is 15.5. The van der Waals surface area contributed by atoms with Gasteiger partial charge in [-0.25, -0.2) is 0 Å². The number of nitrogens with one attached hydrogen (secondary N) is 2. The molecular weight excluding hydrogens is 236 g/mol. The summed E-state index contributed by atoms with van der Waals surface area (Å²) < 4.78 is 0. The largest absolute Gasteiger partial charge is 0.396 e. The van der Waals surface area contributed by atoms with E-state index in [1.165, 1.54) is 17.8 Å². The van der Waals surface area contributed by atoms with E-state index in [-0.39, 0.29) is 11.6 Å². The second-order valence-electron chi connectivity index (χ2n) is 4.01. The first-order chi connectivity index (χ1) is 8.17. The van der Waals surface area contributed by atoms with Gasteiger partial charge in [0, 0.05) is 13.1 Å². The topological polar surface area (TPSA) is 90.9 Å². The van der Waals surface area contributed by atoms with Crippen molar-refractivity contribution in [3.8, 4) is 6.07 Å². The van der Waals surface area contributed by atoms with Gasteiger partial charge in [0.15, 0.2) is 0 Å². The fourth-order valence-corrected chi connectivity index (χ4v) is 2.71. The van der Waals surface area contributed by atoms with Gasteiger partial charge in [0.25, 0.3) is 5.91 Å². The van der Waals surface area contributed by atoms with Crippen molar-refractivity contribution in [1.29, 1.82) is 5.26 Å². The van der Waals surface area contributed by atoms with Gasteiger partial charge >= 0.3 is 0 Å². The highest BCUT2D eigenvalue weighted by Crippen LogP contribution is 2.37. The molecule has 1 fully saturated rings. The second-order valence-corrected chi connectivity index (χ2v) is 5.03. The zero-order chi connectivity index (χ0) is 12.4. The number of nitrogens with zero attached hydrogens (tertiary/aromatic N) is 1. The van der Waals surface area contributed by atoms with Crippen molar-refractivity contribution in [3.63, 3.8) is 0 Å². The molecular formula is C11H14N4OS. The van der Waals surface area contributed by atoms with Crippen molar-refractivity contribution in [2.24, 2.45) is 0 Å². The molecule has 90 valence electrons. The highest BCUT2D eigenvalue weighted by molar-refractivity contribution is 7.17. The first-order valence-corrected chi connectivity index (χ1v) is 6.30. The molecule has 17 heavy (non-hydrogen) atoms. The fraction of sp³-hybridized carbons (Fsp3) is 0.455. The number of thiophene rings is 1. The van der Waals surface area contributed by atoms with E-state index >= 15 is 0 Å². The number of carbonyl (C=O) groups is 1. The number of nitrogen functional groups attached to an aromatic ring is 1. The van der Waals surface area contributed by atoms with Crippen molar-refractivity contribution in [1.82, 2.24) is 5.32 Å². The van der Waals surface area contributed by atoms with Gasteiger partial charge in [-0.2, -0.15) is 5.26 Å². The standard InChI is InChI=1S/C11H14N4OS/c1-14-10(16)8-9(13)7(5-12)17-11(8)15-6-3-2-4-6/h6,15H,2-4,13H2,1H3,(H,14,16). The molecule has 1 aromatic heterocycles. The first kappa shape index (κ1) is 11.7. The Bertz CT molecular complexity index is 484. The Morgan fingerprint density at radius 1 is 1.59 bits per heavy atom. The van der Waals surface area contributed by atoms with Crippen LogP contribution < -0.4 is 16.4 Å². The number of amides is 1. The third-order valence-electron chi connectivity index (χ3n) is 2.94. The van der Waals surface area contributed by atoms with Crippen molar-refractivity contribution < 1.29 is 4.79 Å². The van der Waals surface area contributed by atoms with E-state index in [9.17, 15) is 4.79 Å². The molecule has 0 radical (unpaired) electrons. The van der Waals surface area contributed by atoms with Crippen molar-refractivity contribution in [2.45, 2.75) is 25.3 Å². The number of hydrogen-bond donors (Lipinski definition) is 3. The number of nitrogens with two attached hydrogens (primary N) is 1. The molecule has 1 aromatic rings. The molecule has 0 aromatic carbocycles. The van der Waals surface area contributed by atoms with Crippen LogP contribution in [-0.4, -0.2) is 19.0 Å². The summed E-state index contributed by atoms with van der Waals surface area (Å²) in [7, 11) is 1.55. The lowest BCUT2D eigenvalue weighted by molar-refractivity contribution is 0.0965. The van der Waals surface area contributed by atoms with Crippen molar-refractivity contribution in [2.75, 3.05) is 18.1 Å². The van der Waals surface area contributed by atoms with Crippen LogP contribution in [0.3, 0.4) is 0 Å². The molecule has 0 aliphatic heterocycles.